The molecule has 0 atom stereocenters. The number of aromatic nitrogens is 2. The summed E-state index contributed by atoms with van der Waals surface area (Å²) in [5.41, 5.74) is 1.11. The molecule has 1 N–H and O–H groups in total. The highest BCUT2D eigenvalue weighted by molar-refractivity contribution is 5.71. The Balaban J connectivity index is 1.76. The molecule has 1 aromatic heterocycles. The fourth-order valence-corrected chi connectivity index (χ4v) is 1.70. The molecule has 0 spiro atoms. The van der Waals surface area contributed by atoms with Gasteiger partial charge in [-0.05, 0) is 19.3 Å². The third-order valence-corrected chi connectivity index (χ3v) is 2.93. The largest absolute Gasteiger partial charge is 0.468 e. The van der Waals surface area contributed by atoms with E-state index in [1.165, 1.54) is 26.4 Å². The number of methoxy groups -OCH3 is 1. The lowest BCUT2D eigenvalue weighted by atomic mass is 9.93. The summed E-state index contributed by atoms with van der Waals surface area (Å²) in [5, 5.41) is 7.33. The van der Waals surface area contributed by atoms with E-state index in [0.29, 0.717) is 12.6 Å². The molecule has 1 fully saturated rings. The summed E-state index contributed by atoms with van der Waals surface area (Å²) < 4.78 is 6.56. The summed E-state index contributed by atoms with van der Waals surface area (Å²) >= 11 is 0. The summed E-state index contributed by atoms with van der Waals surface area (Å²) in [6, 6.07) is 0.592. The molecule has 1 aliphatic rings. The van der Waals surface area contributed by atoms with Crippen LogP contribution in [0.15, 0.2) is 12.4 Å². The monoisotopic (exact) mass is 223 g/mol. The van der Waals surface area contributed by atoms with E-state index in [1.54, 1.807) is 0 Å². The third-order valence-electron chi connectivity index (χ3n) is 2.93. The molecule has 0 aliphatic heterocycles. The lowest BCUT2D eigenvalue weighted by molar-refractivity contribution is -0.139. The molecule has 1 aliphatic carbocycles. The number of hydrogen-bond acceptors (Lipinski definition) is 4. The first-order chi connectivity index (χ1) is 7.79. The number of carbonyl (C=O) groups excluding carboxylic acids is 1. The number of hydrogen-bond donors (Lipinski definition) is 1. The van der Waals surface area contributed by atoms with Crippen LogP contribution in [0.3, 0.4) is 0 Å². The van der Waals surface area contributed by atoms with Gasteiger partial charge in [-0.3, -0.25) is 9.48 Å². The van der Waals surface area contributed by atoms with Crippen LogP contribution in [0.2, 0.25) is 0 Å². The summed E-state index contributed by atoms with van der Waals surface area (Å²) in [4.78, 5) is 10.9. The topological polar surface area (TPSA) is 56.1 Å². The van der Waals surface area contributed by atoms with Crippen molar-refractivity contribution >= 4 is 5.97 Å². The summed E-state index contributed by atoms with van der Waals surface area (Å²) in [6.07, 6.45) is 7.67. The predicted molar refractivity (Wildman–Crippen MR) is 58.8 cm³/mol. The molecule has 0 amide bonds. The Kier molecular flexibility index (Phi) is 3.56. The standard InChI is InChI=1S/C11H17N3O2/c1-16-11(15)7-12-5-9-6-13-14(8-9)10-3-2-4-10/h6,8,10,12H,2-5,7H2,1H3. The van der Waals surface area contributed by atoms with Crippen LogP contribution in [0.1, 0.15) is 30.9 Å². The van der Waals surface area contributed by atoms with Crippen LogP contribution in [-0.4, -0.2) is 29.4 Å². The van der Waals surface area contributed by atoms with Crippen molar-refractivity contribution in [2.24, 2.45) is 0 Å². The van der Waals surface area contributed by atoms with Gasteiger partial charge in [-0.1, -0.05) is 0 Å². The van der Waals surface area contributed by atoms with Crippen molar-refractivity contribution in [2.75, 3.05) is 13.7 Å². The van der Waals surface area contributed by atoms with Crippen molar-refractivity contribution in [1.82, 2.24) is 15.1 Å². The van der Waals surface area contributed by atoms with Crippen molar-refractivity contribution in [3.63, 3.8) is 0 Å². The molecule has 0 aromatic carbocycles. The average Bonchev–Trinajstić information content (AvgIpc) is 2.63. The minimum absolute atomic E-state index is 0.241. The van der Waals surface area contributed by atoms with Gasteiger partial charge in [-0.25, -0.2) is 0 Å². The number of nitrogens with one attached hydrogen (secondary N) is 1. The molecule has 1 saturated carbocycles. The number of carbonyl (C=O) groups is 1. The first kappa shape index (κ1) is 11.1. The van der Waals surface area contributed by atoms with Gasteiger partial charge in [0, 0.05) is 18.3 Å². The molecular formula is C11H17N3O2. The van der Waals surface area contributed by atoms with Crippen LogP contribution >= 0.6 is 0 Å². The van der Waals surface area contributed by atoms with Gasteiger partial charge in [0.1, 0.15) is 0 Å². The lowest BCUT2D eigenvalue weighted by Crippen LogP contribution is -2.23. The maximum absolute atomic E-state index is 10.9. The molecule has 5 heteroatoms. The normalized spacial score (nSPS) is 15.8. The Bertz CT molecular complexity index is 358. The summed E-state index contributed by atoms with van der Waals surface area (Å²) in [6.45, 7) is 0.896. The van der Waals surface area contributed by atoms with E-state index >= 15 is 0 Å². The Morgan fingerprint density at radius 3 is 3.12 bits per heavy atom. The Morgan fingerprint density at radius 2 is 2.50 bits per heavy atom. The van der Waals surface area contributed by atoms with Gasteiger partial charge in [0.25, 0.3) is 0 Å². The van der Waals surface area contributed by atoms with Crippen LogP contribution in [-0.2, 0) is 16.1 Å². The van der Waals surface area contributed by atoms with Crippen molar-refractivity contribution in [1.29, 1.82) is 0 Å². The van der Waals surface area contributed by atoms with E-state index in [0.717, 1.165) is 5.56 Å². The zero-order valence-corrected chi connectivity index (χ0v) is 9.48. The minimum Gasteiger partial charge on any atom is -0.468 e. The first-order valence-corrected chi connectivity index (χ1v) is 5.60. The van der Waals surface area contributed by atoms with Crippen LogP contribution in [0, 0.1) is 0 Å². The highest BCUT2D eigenvalue weighted by Crippen LogP contribution is 2.30. The minimum atomic E-state index is -0.244. The number of rotatable bonds is 5. The molecule has 88 valence electrons. The zero-order chi connectivity index (χ0) is 11.4. The van der Waals surface area contributed by atoms with Crippen molar-refractivity contribution < 1.29 is 9.53 Å². The highest BCUT2D eigenvalue weighted by Gasteiger charge is 2.19. The quantitative estimate of drug-likeness (QED) is 0.753. The van der Waals surface area contributed by atoms with Crippen LogP contribution in [0.5, 0.6) is 0 Å². The molecule has 0 unspecified atom stereocenters. The van der Waals surface area contributed by atoms with Crippen LogP contribution in [0.4, 0.5) is 0 Å². The van der Waals surface area contributed by atoms with Crippen molar-refractivity contribution in [3.05, 3.63) is 18.0 Å². The maximum atomic E-state index is 10.9. The van der Waals surface area contributed by atoms with E-state index in [2.05, 4.69) is 15.2 Å². The number of ether oxygens (including phenoxy) is 1. The molecule has 0 bridgehead atoms. The molecule has 16 heavy (non-hydrogen) atoms. The molecular weight excluding hydrogens is 206 g/mol. The second-order valence-corrected chi connectivity index (χ2v) is 4.09. The fraction of sp³-hybridized carbons (Fsp3) is 0.636. The van der Waals surface area contributed by atoms with Gasteiger partial charge < -0.3 is 10.1 Å². The van der Waals surface area contributed by atoms with Gasteiger partial charge in [-0.15, -0.1) is 0 Å². The molecule has 0 radical (unpaired) electrons. The Morgan fingerprint density at radius 1 is 1.69 bits per heavy atom. The molecule has 0 saturated heterocycles. The summed E-state index contributed by atoms with van der Waals surface area (Å²) in [5.74, 6) is -0.244. The highest BCUT2D eigenvalue weighted by atomic mass is 16.5. The van der Waals surface area contributed by atoms with Gasteiger partial charge >= 0.3 is 5.97 Å². The van der Waals surface area contributed by atoms with Gasteiger partial charge in [-0.2, -0.15) is 5.10 Å². The van der Waals surface area contributed by atoms with E-state index < -0.39 is 0 Å². The fourth-order valence-electron chi connectivity index (χ4n) is 1.70. The van der Waals surface area contributed by atoms with Crippen molar-refractivity contribution in [2.45, 2.75) is 31.8 Å². The summed E-state index contributed by atoms with van der Waals surface area (Å²) in [7, 11) is 1.39. The van der Waals surface area contributed by atoms with Crippen LogP contribution in [0.25, 0.3) is 0 Å². The van der Waals surface area contributed by atoms with Crippen molar-refractivity contribution in [3.8, 4) is 0 Å². The molecule has 1 heterocycles. The first-order valence-electron chi connectivity index (χ1n) is 5.60. The molecule has 1 aromatic rings. The zero-order valence-electron chi connectivity index (χ0n) is 9.48. The number of nitrogens with zero attached hydrogens (tertiary/aromatic N) is 2. The van der Waals surface area contributed by atoms with Gasteiger partial charge in [0.2, 0.25) is 0 Å². The second kappa shape index (κ2) is 5.12. The second-order valence-electron chi connectivity index (χ2n) is 4.09. The Labute approximate surface area is 94.8 Å². The van der Waals surface area contributed by atoms with E-state index in [-0.39, 0.29) is 12.5 Å². The van der Waals surface area contributed by atoms with Gasteiger partial charge in [0.15, 0.2) is 0 Å². The average molecular weight is 223 g/mol. The van der Waals surface area contributed by atoms with Gasteiger partial charge in [0.05, 0.1) is 25.9 Å². The predicted octanol–water partition coefficient (Wildman–Crippen LogP) is 0.871. The van der Waals surface area contributed by atoms with Crippen LogP contribution < -0.4 is 5.32 Å². The molecule has 5 nitrogen and oxygen atoms in total. The number of esters is 1. The van der Waals surface area contributed by atoms with E-state index in [1.807, 2.05) is 17.1 Å². The maximum Gasteiger partial charge on any atom is 0.319 e. The lowest BCUT2D eigenvalue weighted by Gasteiger charge is -2.25. The van der Waals surface area contributed by atoms with E-state index in [4.69, 9.17) is 0 Å². The molecule has 2 rings (SSSR count). The van der Waals surface area contributed by atoms with E-state index in [9.17, 15) is 4.79 Å². The Hall–Kier alpha value is -1.36. The third kappa shape index (κ3) is 2.61. The smallest absolute Gasteiger partial charge is 0.319 e. The SMILES string of the molecule is COC(=O)CNCc1cnn(C2CCC2)c1.